The molecule has 0 unspecified atom stereocenters. The Hall–Kier alpha value is -1.48. The minimum atomic E-state index is -0.687. The molecule has 9 heteroatoms. The molecule has 4 N–H and O–H groups in total. The first-order valence-electron chi connectivity index (χ1n) is 6.57. The Kier molecular flexibility index (Phi) is 5.07. The van der Waals surface area contributed by atoms with Crippen molar-refractivity contribution in [2.75, 3.05) is 22.2 Å². The fraction of sp³-hybridized carbons (Fsp3) is 0.727. The number of aromatic nitrogens is 3. The van der Waals surface area contributed by atoms with Gasteiger partial charge in [-0.05, 0) is 26.7 Å². The number of hydrogen-bond donors (Lipinski definition) is 3. The first kappa shape index (κ1) is 14.9. The topological polar surface area (TPSA) is 115 Å². The van der Waals surface area contributed by atoms with Crippen LogP contribution in [0.3, 0.4) is 0 Å². The predicted octanol–water partition coefficient (Wildman–Crippen LogP) is 0.267. The van der Waals surface area contributed by atoms with E-state index >= 15 is 0 Å². The van der Waals surface area contributed by atoms with Gasteiger partial charge in [-0.3, -0.25) is 9.63 Å². The Morgan fingerprint density at radius 3 is 2.50 bits per heavy atom. The molecule has 8 nitrogen and oxygen atoms in total. The summed E-state index contributed by atoms with van der Waals surface area (Å²) in [6, 6.07) is 0.442. The molecule has 0 aromatic carbocycles. The maximum Gasteiger partial charge on any atom is 0.323 e. The number of hydrogen-bond acceptors (Lipinski definition) is 8. The molecule has 20 heavy (non-hydrogen) atoms. The zero-order chi connectivity index (χ0) is 14.5. The van der Waals surface area contributed by atoms with E-state index in [1.165, 1.54) is 0 Å². The Balaban J connectivity index is 2.07. The summed E-state index contributed by atoms with van der Waals surface area (Å²) < 4.78 is 16.8. The van der Waals surface area contributed by atoms with Gasteiger partial charge in [-0.15, -0.1) is 0 Å². The Labute approximate surface area is 120 Å². The van der Waals surface area contributed by atoms with Crippen molar-refractivity contribution in [2.45, 2.75) is 38.8 Å². The summed E-state index contributed by atoms with van der Waals surface area (Å²) in [6.45, 7) is 3.78. The molecule has 1 fully saturated rings. The Morgan fingerprint density at radius 1 is 1.25 bits per heavy atom. The van der Waals surface area contributed by atoms with Gasteiger partial charge in [0, 0.05) is 28.3 Å². The van der Waals surface area contributed by atoms with Crippen molar-refractivity contribution in [1.82, 2.24) is 15.0 Å². The maximum absolute atomic E-state index is 11.3. The lowest BCUT2D eigenvalue weighted by Gasteiger charge is -2.22. The van der Waals surface area contributed by atoms with Crippen LogP contribution in [0.5, 0.6) is 6.01 Å². The lowest BCUT2D eigenvalue weighted by molar-refractivity contribution is 0.222. The number of nitrogens with one attached hydrogen (secondary N) is 2. The summed E-state index contributed by atoms with van der Waals surface area (Å²) >= 11 is 0. The van der Waals surface area contributed by atoms with Gasteiger partial charge in [-0.1, -0.05) is 0 Å². The number of ether oxygens (including phenoxy) is 1. The smallest absolute Gasteiger partial charge is 0.323 e. The summed E-state index contributed by atoms with van der Waals surface area (Å²) in [5, 5.41) is 3.22. The third-order valence-corrected chi connectivity index (χ3v) is 4.19. The van der Waals surface area contributed by atoms with Crippen LogP contribution >= 0.6 is 0 Å². The van der Waals surface area contributed by atoms with Gasteiger partial charge >= 0.3 is 6.01 Å². The van der Waals surface area contributed by atoms with E-state index in [2.05, 4.69) is 25.7 Å². The van der Waals surface area contributed by atoms with Crippen LogP contribution in [0.15, 0.2) is 0 Å². The molecule has 1 aromatic rings. The average Bonchev–Trinajstić information content (AvgIpc) is 2.40. The minimum absolute atomic E-state index is 0.0343. The Bertz CT molecular complexity index is 474. The highest BCUT2D eigenvalue weighted by Gasteiger charge is 2.19. The molecule has 0 amide bonds. The average molecular weight is 300 g/mol. The van der Waals surface area contributed by atoms with E-state index in [9.17, 15) is 4.21 Å². The van der Waals surface area contributed by atoms with Gasteiger partial charge in [-0.2, -0.15) is 15.0 Å². The van der Waals surface area contributed by atoms with Crippen LogP contribution in [0.4, 0.5) is 11.9 Å². The van der Waals surface area contributed by atoms with E-state index in [4.69, 9.17) is 10.6 Å². The van der Waals surface area contributed by atoms with Crippen molar-refractivity contribution in [3.63, 3.8) is 0 Å². The first-order chi connectivity index (χ1) is 9.56. The van der Waals surface area contributed by atoms with Crippen molar-refractivity contribution in [3.8, 4) is 6.01 Å². The van der Waals surface area contributed by atoms with Gasteiger partial charge in [0.15, 0.2) is 0 Å². The summed E-state index contributed by atoms with van der Waals surface area (Å²) in [4.78, 5) is 12.4. The molecule has 0 spiro atoms. The Morgan fingerprint density at radius 2 is 1.90 bits per heavy atom. The van der Waals surface area contributed by atoms with Gasteiger partial charge in [-0.25, -0.2) is 5.84 Å². The highest BCUT2D eigenvalue weighted by atomic mass is 32.2. The van der Waals surface area contributed by atoms with Crippen molar-refractivity contribution < 1.29 is 8.95 Å². The third-order valence-electron chi connectivity index (χ3n) is 2.81. The van der Waals surface area contributed by atoms with Gasteiger partial charge in [0.1, 0.15) is 0 Å². The van der Waals surface area contributed by atoms with Gasteiger partial charge in [0.05, 0.1) is 6.10 Å². The van der Waals surface area contributed by atoms with E-state index in [1.807, 2.05) is 13.8 Å². The van der Waals surface area contributed by atoms with E-state index in [0.29, 0.717) is 17.5 Å². The van der Waals surface area contributed by atoms with Crippen LogP contribution in [0.1, 0.15) is 26.7 Å². The zero-order valence-corrected chi connectivity index (χ0v) is 12.4. The monoisotopic (exact) mass is 300 g/mol. The molecule has 1 aliphatic rings. The van der Waals surface area contributed by atoms with Crippen LogP contribution in [0.2, 0.25) is 0 Å². The molecule has 2 heterocycles. The molecule has 1 aliphatic heterocycles. The first-order valence-corrected chi connectivity index (χ1v) is 8.06. The number of rotatable bonds is 5. The van der Waals surface area contributed by atoms with E-state index in [-0.39, 0.29) is 24.1 Å². The van der Waals surface area contributed by atoms with Crippen LogP contribution in [0, 0.1) is 0 Å². The lowest BCUT2D eigenvalue weighted by atomic mass is 10.2. The van der Waals surface area contributed by atoms with E-state index in [1.54, 1.807) is 0 Å². The molecule has 0 aliphatic carbocycles. The van der Waals surface area contributed by atoms with Crippen molar-refractivity contribution >= 4 is 22.7 Å². The minimum Gasteiger partial charge on any atom is -0.461 e. The predicted molar refractivity (Wildman–Crippen MR) is 77.9 cm³/mol. The molecule has 0 saturated carbocycles. The van der Waals surface area contributed by atoms with Crippen LogP contribution in [0.25, 0.3) is 0 Å². The van der Waals surface area contributed by atoms with Crippen molar-refractivity contribution in [1.29, 1.82) is 0 Å². The van der Waals surface area contributed by atoms with Gasteiger partial charge in [0.2, 0.25) is 11.9 Å². The normalized spacial score (nSPS) is 22.6. The molecular formula is C11H20N6O2S. The molecule has 1 saturated heterocycles. The van der Waals surface area contributed by atoms with Gasteiger partial charge in [0.25, 0.3) is 0 Å². The SMILES string of the molecule is CC(C)Oc1nc(NN)nc(NC2CCS(=O)CC2)n1. The fourth-order valence-corrected chi connectivity index (χ4v) is 3.17. The number of hydrazine groups is 1. The number of nitrogens with zero attached hydrogens (tertiary/aromatic N) is 3. The van der Waals surface area contributed by atoms with E-state index in [0.717, 1.165) is 12.8 Å². The maximum atomic E-state index is 11.3. The molecular weight excluding hydrogens is 280 g/mol. The molecule has 2 rings (SSSR count). The van der Waals surface area contributed by atoms with E-state index < -0.39 is 10.8 Å². The third kappa shape index (κ3) is 4.27. The standard InChI is InChI=1S/C11H20N6O2S/c1-7(2)19-11-15-9(14-10(16-11)17-12)13-8-3-5-20(18)6-4-8/h7-8H,3-6,12H2,1-2H3,(H2,13,14,15,16,17). The van der Waals surface area contributed by atoms with Crippen molar-refractivity contribution in [2.24, 2.45) is 5.84 Å². The number of nitrogens with two attached hydrogens (primary N) is 1. The summed E-state index contributed by atoms with van der Waals surface area (Å²) in [7, 11) is -0.687. The summed E-state index contributed by atoms with van der Waals surface area (Å²) in [6.07, 6.45) is 1.64. The van der Waals surface area contributed by atoms with Crippen LogP contribution in [-0.2, 0) is 10.8 Å². The molecule has 1 aromatic heterocycles. The quantitative estimate of drug-likeness (QED) is 0.524. The highest BCUT2D eigenvalue weighted by molar-refractivity contribution is 7.85. The van der Waals surface area contributed by atoms with Crippen molar-refractivity contribution in [3.05, 3.63) is 0 Å². The molecule has 0 atom stereocenters. The molecule has 0 radical (unpaired) electrons. The largest absolute Gasteiger partial charge is 0.461 e. The van der Waals surface area contributed by atoms with Crippen LogP contribution in [-0.4, -0.2) is 42.8 Å². The zero-order valence-electron chi connectivity index (χ0n) is 11.6. The molecule has 112 valence electrons. The van der Waals surface area contributed by atoms with Gasteiger partial charge < -0.3 is 10.1 Å². The highest BCUT2D eigenvalue weighted by Crippen LogP contribution is 2.17. The second kappa shape index (κ2) is 6.80. The summed E-state index contributed by atoms with van der Waals surface area (Å²) in [5.74, 6) is 7.43. The second-order valence-corrected chi connectivity index (χ2v) is 6.54. The number of anilines is 2. The second-order valence-electron chi connectivity index (χ2n) is 4.84. The summed E-state index contributed by atoms with van der Waals surface area (Å²) in [5.41, 5.74) is 2.39. The van der Waals surface area contributed by atoms with Crippen LogP contribution < -0.4 is 21.3 Å². The molecule has 0 bridgehead atoms. The lowest BCUT2D eigenvalue weighted by Crippen LogP contribution is -2.30. The number of nitrogen functional groups attached to an aromatic ring is 1. The fourth-order valence-electron chi connectivity index (χ4n) is 1.87.